The second-order valence-corrected chi connectivity index (χ2v) is 6.91. The molecular weight excluding hydrogens is 356 g/mol. The summed E-state index contributed by atoms with van der Waals surface area (Å²) in [5.74, 6) is 0. The average Bonchev–Trinajstić information content (AvgIpc) is 2.38. The van der Waals surface area contributed by atoms with Crippen LogP contribution in [0.25, 0.3) is 0 Å². The van der Waals surface area contributed by atoms with Crippen molar-refractivity contribution in [3.8, 4) is 0 Å². The highest BCUT2D eigenvalue weighted by Crippen LogP contribution is 2.36. The van der Waals surface area contributed by atoms with Crippen LogP contribution in [0.1, 0.15) is 19.3 Å². The maximum Gasteiger partial charge on any atom is 0.0655 e. The van der Waals surface area contributed by atoms with Gasteiger partial charge in [-0.3, -0.25) is 4.90 Å². The van der Waals surface area contributed by atoms with E-state index in [4.69, 9.17) is 0 Å². The summed E-state index contributed by atoms with van der Waals surface area (Å²) < 4.78 is 2.39. The number of piperazine rings is 1. The molecular formula is C14H18Br2N2. The van der Waals surface area contributed by atoms with Gasteiger partial charge in [0.2, 0.25) is 0 Å². The van der Waals surface area contributed by atoms with E-state index >= 15 is 0 Å². The fourth-order valence-electron chi connectivity index (χ4n) is 3.15. The Morgan fingerprint density at radius 2 is 1.78 bits per heavy atom. The van der Waals surface area contributed by atoms with Gasteiger partial charge >= 0.3 is 0 Å². The Hall–Kier alpha value is -0.0600. The average molecular weight is 374 g/mol. The Labute approximate surface area is 126 Å². The molecule has 0 radical (unpaired) electrons. The first kappa shape index (κ1) is 12.9. The Morgan fingerprint density at radius 3 is 2.56 bits per heavy atom. The fourth-order valence-corrected chi connectivity index (χ4v) is 4.65. The Kier molecular flexibility index (Phi) is 3.97. The second-order valence-electron chi connectivity index (χ2n) is 5.20. The van der Waals surface area contributed by atoms with E-state index in [1.807, 2.05) is 0 Å². The van der Waals surface area contributed by atoms with Crippen LogP contribution in [-0.4, -0.2) is 37.1 Å². The second kappa shape index (κ2) is 5.51. The third kappa shape index (κ3) is 2.47. The van der Waals surface area contributed by atoms with Gasteiger partial charge in [-0.2, -0.15) is 0 Å². The quantitative estimate of drug-likeness (QED) is 0.736. The third-order valence-corrected chi connectivity index (χ3v) is 5.37. The highest BCUT2D eigenvalue weighted by Gasteiger charge is 2.30. The van der Waals surface area contributed by atoms with Crippen LogP contribution in [0.4, 0.5) is 5.69 Å². The zero-order chi connectivity index (χ0) is 12.5. The number of hydrogen-bond donors (Lipinski definition) is 0. The van der Waals surface area contributed by atoms with Gasteiger partial charge in [-0.15, -0.1) is 0 Å². The van der Waals surface area contributed by atoms with Gasteiger partial charge in [-0.1, -0.05) is 12.5 Å². The van der Waals surface area contributed by atoms with Gasteiger partial charge in [-0.25, -0.2) is 0 Å². The topological polar surface area (TPSA) is 6.48 Å². The molecule has 1 aromatic rings. The first-order valence-corrected chi connectivity index (χ1v) is 8.27. The minimum atomic E-state index is 0.756. The van der Waals surface area contributed by atoms with Gasteiger partial charge in [0.1, 0.15) is 0 Å². The van der Waals surface area contributed by atoms with E-state index in [2.05, 4.69) is 59.9 Å². The maximum atomic E-state index is 3.69. The Balaban J connectivity index is 1.81. The smallest absolute Gasteiger partial charge is 0.0655 e. The molecule has 2 nitrogen and oxygen atoms in total. The molecule has 2 fully saturated rings. The van der Waals surface area contributed by atoms with Crippen LogP contribution in [0.3, 0.4) is 0 Å². The summed E-state index contributed by atoms with van der Waals surface area (Å²) in [6.45, 7) is 4.81. The number of nitrogens with zero attached hydrogens (tertiary/aromatic N) is 2. The molecule has 0 spiro atoms. The summed E-state index contributed by atoms with van der Waals surface area (Å²) in [5, 5.41) is 0. The van der Waals surface area contributed by atoms with Gasteiger partial charge in [-0.05, 0) is 63.4 Å². The van der Waals surface area contributed by atoms with Gasteiger partial charge in [0.25, 0.3) is 0 Å². The van der Waals surface area contributed by atoms with Crippen LogP contribution in [0, 0.1) is 0 Å². The SMILES string of the molecule is Brc1cccc(Br)c1N1CCN2CCCCC2C1. The predicted molar refractivity (Wildman–Crippen MR) is 83.3 cm³/mol. The predicted octanol–water partition coefficient (Wildman–Crippen LogP) is 3.89. The van der Waals surface area contributed by atoms with Gasteiger partial charge in [0.05, 0.1) is 5.69 Å². The van der Waals surface area contributed by atoms with Crippen LogP contribution in [0.15, 0.2) is 27.1 Å². The number of halogens is 2. The number of anilines is 1. The van der Waals surface area contributed by atoms with Crippen LogP contribution in [0.2, 0.25) is 0 Å². The monoisotopic (exact) mass is 372 g/mol. The van der Waals surface area contributed by atoms with Crippen LogP contribution in [0.5, 0.6) is 0 Å². The van der Waals surface area contributed by atoms with E-state index in [-0.39, 0.29) is 0 Å². The molecule has 2 saturated heterocycles. The van der Waals surface area contributed by atoms with E-state index in [0.717, 1.165) is 12.6 Å². The third-order valence-electron chi connectivity index (χ3n) is 4.09. The van der Waals surface area contributed by atoms with E-state index in [9.17, 15) is 0 Å². The molecule has 2 heterocycles. The molecule has 2 aliphatic rings. The molecule has 0 N–H and O–H groups in total. The van der Waals surface area contributed by atoms with Gasteiger partial charge < -0.3 is 4.90 Å². The molecule has 0 aromatic heterocycles. The molecule has 0 aliphatic carbocycles. The van der Waals surface area contributed by atoms with Crippen molar-refractivity contribution in [3.63, 3.8) is 0 Å². The summed E-state index contributed by atoms with van der Waals surface area (Å²) in [6, 6.07) is 7.10. The lowest BCUT2D eigenvalue weighted by atomic mass is 9.99. The van der Waals surface area contributed by atoms with Crippen molar-refractivity contribution in [1.82, 2.24) is 4.90 Å². The number of rotatable bonds is 1. The summed E-state index contributed by atoms with van der Waals surface area (Å²) >= 11 is 7.37. The minimum Gasteiger partial charge on any atom is -0.367 e. The van der Waals surface area contributed by atoms with Crippen LogP contribution >= 0.6 is 31.9 Å². The van der Waals surface area contributed by atoms with E-state index in [1.54, 1.807) is 0 Å². The van der Waals surface area contributed by atoms with Crippen molar-refractivity contribution in [2.75, 3.05) is 31.1 Å². The first-order chi connectivity index (χ1) is 8.75. The zero-order valence-corrected chi connectivity index (χ0v) is 13.6. The molecule has 3 rings (SSSR count). The van der Waals surface area contributed by atoms with Crippen molar-refractivity contribution in [1.29, 1.82) is 0 Å². The van der Waals surface area contributed by atoms with Crippen LogP contribution in [-0.2, 0) is 0 Å². The molecule has 0 saturated carbocycles. The number of benzene rings is 1. The van der Waals surface area contributed by atoms with Crippen molar-refractivity contribution in [2.45, 2.75) is 25.3 Å². The number of hydrogen-bond acceptors (Lipinski definition) is 2. The van der Waals surface area contributed by atoms with Gasteiger partial charge in [0.15, 0.2) is 0 Å². The molecule has 98 valence electrons. The Morgan fingerprint density at radius 1 is 1.00 bits per heavy atom. The Bertz CT molecular complexity index is 416. The fraction of sp³-hybridized carbons (Fsp3) is 0.571. The molecule has 18 heavy (non-hydrogen) atoms. The largest absolute Gasteiger partial charge is 0.367 e. The summed E-state index contributed by atoms with van der Waals surface area (Å²) in [5.41, 5.74) is 1.32. The van der Waals surface area contributed by atoms with Gasteiger partial charge in [0, 0.05) is 34.6 Å². The summed E-state index contributed by atoms with van der Waals surface area (Å²) in [4.78, 5) is 5.20. The number of fused-ring (bicyclic) bond motifs is 1. The molecule has 2 aliphatic heterocycles. The molecule has 0 bridgehead atoms. The van der Waals surface area contributed by atoms with Crippen molar-refractivity contribution in [3.05, 3.63) is 27.1 Å². The lowest BCUT2D eigenvalue weighted by Gasteiger charge is -2.45. The van der Waals surface area contributed by atoms with E-state index in [0.29, 0.717) is 0 Å². The normalized spacial score (nSPS) is 25.0. The number of para-hydroxylation sites is 1. The molecule has 1 atom stereocenters. The van der Waals surface area contributed by atoms with Crippen molar-refractivity contribution < 1.29 is 0 Å². The maximum absolute atomic E-state index is 3.69. The summed E-state index contributed by atoms with van der Waals surface area (Å²) in [7, 11) is 0. The molecule has 1 aromatic carbocycles. The molecule has 1 unspecified atom stereocenters. The number of piperidine rings is 1. The van der Waals surface area contributed by atoms with Crippen molar-refractivity contribution in [2.24, 2.45) is 0 Å². The minimum absolute atomic E-state index is 0.756. The molecule has 0 amide bonds. The summed E-state index contributed by atoms with van der Waals surface area (Å²) in [6.07, 6.45) is 4.14. The molecule has 4 heteroatoms. The zero-order valence-electron chi connectivity index (χ0n) is 10.4. The van der Waals surface area contributed by atoms with Crippen molar-refractivity contribution >= 4 is 37.5 Å². The lowest BCUT2D eigenvalue weighted by Crippen LogP contribution is -2.55. The first-order valence-electron chi connectivity index (χ1n) is 6.69. The van der Waals surface area contributed by atoms with E-state index < -0.39 is 0 Å². The highest BCUT2D eigenvalue weighted by atomic mass is 79.9. The lowest BCUT2D eigenvalue weighted by molar-refractivity contribution is 0.133. The standard InChI is InChI=1S/C14H18Br2N2/c15-12-5-3-6-13(16)14(12)18-9-8-17-7-2-1-4-11(17)10-18/h3,5-6,11H,1-2,4,7-10H2. The highest BCUT2D eigenvalue weighted by molar-refractivity contribution is 9.11. The van der Waals surface area contributed by atoms with E-state index in [1.165, 1.54) is 53.5 Å². The van der Waals surface area contributed by atoms with Crippen LogP contribution < -0.4 is 4.90 Å².